The lowest BCUT2D eigenvalue weighted by atomic mass is 10.1. The number of nitrogens with one attached hydrogen (secondary N) is 1. The summed E-state index contributed by atoms with van der Waals surface area (Å²) in [5.74, 6) is -1.55. The largest absolute Gasteiger partial charge is 0.504 e. The summed E-state index contributed by atoms with van der Waals surface area (Å²) in [6.07, 6.45) is 0. The smallest absolute Gasteiger partial charge is 0.259 e. The average molecular weight is 289 g/mol. The standard InChI is InChI=1S/C14H9ClN2O3/c15-10-5-4-8(7-16)6-11(10)17-14(20)9-2-1-3-12(18)13(9)19/h1-6,18-19H,(H,17,20). The highest BCUT2D eigenvalue weighted by Crippen LogP contribution is 2.30. The van der Waals surface area contributed by atoms with Crippen molar-refractivity contribution < 1.29 is 15.0 Å². The minimum absolute atomic E-state index is 0.0940. The van der Waals surface area contributed by atoms with Crippen molar-refractivity contribution in [2.45, 2.75) is 0 Å². The molecular formula is C14H9ClN2O3. The summed E-state index contributed by atoms with van der Waals surface area (Å²) >= 11 is 5.92. The van der Waals surface area contributed by atoms with Gasteiger partial charge in [0.25, 0.3) is 5.91 Å². The van der Waals surface area contributed by atoms with Gasteiger partial charge < -0.3 is 15.5 Å². The maximum atomic E-state index is 12.0. The van der Waals surface area contributed by atoms with Crippen molar-refractivity contribution in [3.63, 3.8) is 0 Å². The molecule has 0 aliphatic heterocycles. The van der Waals surface area contributed by atoms with Gasteiger partial charge in [-0.1, -0.05) is 17.7 Å². The van der Waals surface area contributed by atoms with Gasteiger partial charge in [-0.15, -0.1) is 0 Å². The monoisotopic (exact) mass is 288 g/mol. The Kier molecular flexibility index (Phi) is 3.78. The summed E-state index contributed by atoms with van der Waals surface area (Å²) < 4.78 is 0. The number of carbonyl (C=O) groups is 1. The molecule has 0 fully saturated rings. The van der Waals surface area contributed by atoms with Crippen LogP contribution in [0, 0.1) is 11.3 Å². The third-order valence-corrected chi connectivity index (χ3v) is 2.93. The molecule has 0 aliphatic carbocycles. The Hall–Kier alpha value is -2.71. The van der Waals surface area contributed by atoms with E-state index in [1.165, 1.54) is 36.4 Å². The van der Waals surface area contributed by atoms with Crippen molar-refractivity contribution in [2.75, 3.05) is 5.32 Å². The summed E-state index contributed by atoms with van der Waals surface area (Å²) in [7, 11) is 0. The van der Waals surface area contributed by atoms with Gasteiger partial charge in [0.05, 0.1) is 27.9 Å². The molecule has 0 unspecified atom stereocenters. The van der Waals surface area contributed by atoms with Crippen LogP contribution in [-0.2, 0) is 0 Å². The van der Waals surface area contributed by atoms with Gasteiger partial charge >= 0.3 is 0 Å². The van der Waals surface area contributed by atoms with Gasteiger partial charge in [0.1, 0.15) is 0 Å². The number of carbonyl (C=O) groups excluding carboxylic acids is 1. The highest BCUT2D eigenvalue weighted by molar-refractivity contribution is 6.34. The molecule has 0 saturated heterocycles. The molecule has 0 aliphatic rings. The fraction of sp³-hybridized carbons (Fsp3) is 0. The number of nitrogens with zero attached hydrogens (tertiary/aromatic N) is 1. The molecule has 0 heterocycles. The first-order valence-electron chi connectivity index (χ1n) is 5.55. The first kappa shape index (κ1) is 13.7. The molecule has 0 atom stereocenters. The first-order chi connectivity index (χ1) is 9.52. The van der Waals surface area contributed by atoms with Crippen LogP contribution in [0.25, 0.3) is 0 Å². The molecule has 3 N–H and O–H groups in total. The van der Waals surface area contributed by atoms with E-state index >= 15 is 0 Å². The number of anilines is 1. The molecule has 100 valence electrons. The fourth-order valence-corrected chi connectivity index (χ4v) is 1.76. The number of hydrogen-bond donors (Lipinski definition) is 3. The lowest BCUT2D eigenvalue weighted by molar-refractivity contribution is 0.102. The Morgan fingerprint density at radius 2 is 2.00 bits per heavy atom. The molecule has 2 aromatic rings. The summed E-state index contributed by atoms with van der Waals surface area (Å²) in [6.45, 7) is 0. The summed E-state index contributed by atoms with van der Waals surface area (Å²) in [5.41, 5.74) is 0.492. The van der Waals surface area contributed by atoms with E-state index in [1.54, 1.807) is 0 Å². The highest BCUT2D eigenvalue weighted by atomic mass is 35.5. The molecule has 0 aromatic heterocycles. The van der Waals surface area contributed by atoms with Crippen molar-refractivity contribution in [3.8, 4) is 17.6 Å². The topological polar surface area (TPSA) is 93.4 Å². The molecule has 0 saturated carbocycles. The van der Waals surface area contributed by atoms with Crippen LogP contribution >= 0.6 is 11.6 Å². The fourth-order valence-electron chi connectivity index (χ4n) is 1.59. The van der Waals surface area contributed by atoms with E-state index < -0.39 is 17.4 Å². The molecule has 2 aromatic carbocycles. The Labute approximate surface area is 119 Å². The molecule has 2 rings (SSSR count). The van der Waals surface area contributed by atoms with Crippen LogP contribution in [0.15, 0.2) is 36.4 Å². The molecule has 0 bridgehead atoms. The molecular weight excluding hydrogens is 280 g/mol. The SMILES string of the molecule is N#Cc1ccc(Cl)c(NC(=O)c2cccc(O)c2O)c1. The number of amides is 1. The van der Waals surface area contributed by atoms with E-state index in [4.69, 9.17) is 16.9 Å². The van der Waals surface area contributed by atoms with Crippen molar-refractivity contribution in [3.05, 3.63) is 52.5 Å². The predicted octanol–water partition coefficient (Wildman–Crippen LogP) is 2.88. The van der Waals surface area contributed by atoms with Crippen molar-refractivity contribution in [1.29, 1.82) is 5.26 Å². The van der Waals surface area contributed by atoms with Gasteiger partial charge in [-0.3, -0.25) is 4.79 Å². The number of benzene rings is 2. The highest BCUT2D eigenvalue weighted by Gasteiger charge is 2.15. The second-order valence-electron chi connectivity index (χ2n) is 3.93. The summed E-state index contributed by atoms with van der Waals surface area (Å²) in [5, 5.41) is 30.5. The van der Waals surface area contributed by atoms with Gasteiger partial charge in [-0.2, -0.15) is 5.26 Å². The molecule has 1 amide bonds. The average Bonchev–Trinajstić information content (AvgIpc) is 2.44. The zero-order chi connectivity index (χ0) is 14.7. The van der Waals surface area contributed by atoms with Crippen molar-refractivity contribution in [2.24, 2.45) is 0 Å². The van der Waals surface area contributed by atoms with Gasteiger partial charge in [0, 0.05) is 0 Å². The Balaban J connectivity index is 2.33. The zero-order valence-electron chi connectivity index (χ0n) is 10.1. The summed E-state index contributed by atoms with van der Waals surface area (Å²) in [4.78, 5) is 12.0. The van der Waals surface area contributed by atoms with E-state index in [0.29, 0.717) is 5.56 Å². The van der Waals surface area contributed by atoms with Gasteiger partial charge in [-0.25, -0.2) is 0 Å². The van der Waals surface area contributed by atoms with Crippen LogP contribution in [0.5, 0.6) is 11.5 Å². The number of rotatable bonds is 2. The number of halogens is 1. The Morgan fingerprint density at radius 3 is 2.70 bits per heavy atom. The normalized spacial score (nSPS) is 9.80. The first-order valence-corrected chi connectivity index (χ1v) is 5.92. The predicted molar refractivity (Wildman–Crippen MR) is 73.9 cm³/mol. The number of nitriles is 1. The quantitative estimate of drug-likeness (QED) is 0.741. The molecule has 20 heavy (non-hydrogen) atoms. The van der Waals surface area contributed by atoms with Crippen LogP contribution in [0.1, 0.15) is 15.9 Å². The number of phenolic OH excluding ortho intramolecular Hbond substituents is 2. The zero-order valence-corrected chi connectivity index (χ0v) is 10.8. The van der Waals surface area contributed by atoms with Crippen molar-refractivity contribution in [1.82, 2.24) is 0 Å². The lowest BCUT2D eigenvalue weighted by Gasteiger charge is -2.09. The molecule has 0 spiro atoms. The van der Waals surface area contributed by atoms with Crippen LogP contribution in [0.2, 0.25) is 5.02 Å². The van der Waals surface area contributed by atoms with Gasteiger partial charge in [0.15, 0.2) is 11.5 Å². The number of para-hydroxylation sites is 1. The van der Waals surface area contributed by atoms with Crippen LogP contribution < -0.4 is 5.32 Å². The maximum absolute atomic E-state index is 12.0. The Bertz CT molecular complexity index is 723. The van der Waals surface area contributed by atoms with E-state index in [9.17, 15) is 15.0 Å². The van der Waals surface area contributed by atoms with Crippen LogP contribution in [-0.4, -0.2) is 16.1 Å². The van der Waals surface area contributed by atoms with Crippen LogP contribution in [0.3, 0.4) is 0 Å². The van der Waals surface area contributed by atoms with Crippen molar-refractivity contribution >= 4 is 23.2 Å². The number of phenols is 2. The molecule has 5 nitrogen and oxygen atoms in total. The second-order valence-corrected chi connectivity index (χ2v) is 4.34. The lowest BCUT2D eigenvalue weighted by Crippen LogP contribution is -2.12. The third kappa shape index (κ3) is 2.66. The van der Waals surface area contributed by atoms with E-state index in [1.807, 2.05) is 6.07 Å². The van der Waals surface area contributed by atoms with E-state index in [2.05, 4.69) is 5.32 Å². The van der Waals surface area contributed by atoms with E-state index in [-0.39, 0.29) is 16.3 Å². The van der Waals surface area contributed by atoms with Gasteiger partial charge in [-0.05, 0) is 30.3 Å². The van der Waals surface area contributed by atoms with E-state index in [0.717, 1.165) is 0 Å². The molecule has 6 heteroatoms. The summed E-state index contributed by atoms with van der Waals surface area (Å²) in [6, 6.07) is 10.4. The number of aromatic hydroxyl groups is 2. The maximum Gasteiger partial charge on any atom is 0.259 e. The second kappa shape index (κ2) is 5.51. The van der Waals surface area contributed by atoms with Gasteiger partial charge in [0.2, 0.25) is 0 Å². The molecule has 0 radical (unpaired) electrons. The third-order valence-electron chi connectivity index (χ3n) is 2.60. The minimum Gasteiger partial charge on any atom is -0.504 e. The Morgan fingerprint density at radius 1 is 1.25 bits per heavy atom. The minimum atomic E-state index is -0.643. The number of hydrogen-bond acceptors (Lipinski definition) is 4. The van der Waals surface area contributed by atoms with Crippen LogP contribution in [0.4, 0.5) is 5.69 Å².